The molecule has 3 aromatic carbocycles. The number of carbonyl (C=O) groups is 2. The minimum absolute atomic E-state index is 0.0714. The molecular weight excluding hydrogens is 476 g/mol. The minimum Gasteiger partial charge on any atom is -0.467 e. The fraction of sp³-hybridized carbons (Fsp3) is 0.200. The minimum atomic E-state index is -5.12. The number of hydrogen-bond acceptors (Lipinski definition) is 3. The van der Waals surface area contributed by atoms with Crippen LogP contribution in [0.25, 0.3) is 11.1 Å². The van der Waals surface area contributed by atoms with Gasteiger partial charge in [-0.25, -0.2) is 4.79 Å². The summed E-state index contributed by atoms with van der Waals surface area (Å²) in [5, 5.41) is 2.32. The molecular formula is C25H17F6NO3. The Morgan fingerprint density at radius 3 is 1.69 bits per heavy atom. The van der Waals surface area contributed by atoms with Gasteiger partial charge in [-0.2, -0.15) is 26.3 Å². The van der Waals surface area contributed by atoms with Crippen LogP contribution in [0, 0.1) is 0 Å². The van der Waals surface area contributed by atoms with E-state index in [1.54, 1.807) is 36.4 Å². The van der Waals surface area contributed by atoms with Crippen molar-refractivity contribution in [2.24, 2.45) is 0 Å². The first-order valence-corrected chi connectivity index (χ1v) is 10.3. The maximum atomic E-state index is 13.2. The van der Waals surface area contributed by atoms with Crippen molar-refractivity contribution in [3.63, 3.8) is 0 Å². The largest absolute Gasteiger partial charge is 0.467 e. The van der Waals surface area contributed by atoms with E-state index < -0.39 is 52.9 Å². The average molecular weight is 493 g/mol. The lowest BCUT2D eigenvalue weighted by Crippen LogP contribution is -2.45. The van der Waals surface area contributed by atoms with E-state index in [1.165, 1.54) is 0 Å². The lowest BCUT2D eigenvalue weighted by Gasteiger charge is -2.25. The summed E-state index contributed by atoms with van der Waals surface area (Å²) in [6, 6.07) is 13.2. The number of esters is 1. The van der Waals surface area contributed by atoms with Crippen molar-refractivity contribution in [2.45, 2.75) is 24.3 Å². The van der Waals surface area contributed by atoms with Crippen LogP contribution in [0.1, 0.15) is 38.5 Å². The van der Waals surface area contributed by atoms with Gasteiger partial charge in [-0.05, 0) is 40.5 Å². The number of fused-ring (bicyclic) bond motifs is 3. The third-order valence-corrected chi connectivity index (χ3v) is 5.81. The molecule has 35 heavy (non-hydrogen) atoms. The van der Waals surface area contributed by atoms with Crippen LogP contribution in [0.4, 0.5) is 26.3 Å². The Balaban J connectivity index is 1.78. The topological polar surface area (TPSA) is 55.4 Å². The highest BCUT2D eigenvalue weighted by molar-refractivity contribution is 5.98. The molecule has 0 heterocycles. The molecule has 0 saturated heterocycles. The molecule has 1 N–H and O–H groups in total. The Morgan fingerprint density at radius 2 is 1.26 bits per heavy atom. The molecule has 0 saturated carbocycles. The molecule has 1 aliphatic rings. The van der Waals surface area contributed by atoms with Gasteiger partial charge >= 0.3 is 18.3 Å². The van der Waals surface area contributed by atoms with Crippen LogP contribution in [0.15, 0.2) is 66.7 Å². The van der Waals surface area contributed by atoms with E-state index >= 15 is 0 Å². The Kier molecular flexibility index (Phi) is 6.08. The number of nitrogens with one attached hydrogen (secondary N) is 1. The number of benzene rings is 3. The average Bonchev–Trinajstić information content (AvgIpc) is 3.15. The quantitative estimate of drug-likeness (QED) is 0.369. The van der Waals surface area contributed by atoms with Crippen LogP contribution < -0.4 is 5.32 Å². The summed E-state index contributed by atoms with van der Waals surface area (Å²) in [7, 11) is 1.07. The predicted molar refractivity (Wildman–Crippen MR) is 113 cm³/mol. The second-order valence-electron chi connectivity index (χ2n) is 7.92. The van der Waals surface area contributed by atoms with Crippen molar-refractivity contribution >= 4 is 11.9 Å². The van der Waals surface area contributed by atoms with Crippen LogP contribution in [0.3, 0.4) is 0 Å². The molecule has 0 aromatic heterocycles. The smallest absolute Gasteiger partial charge is 0.416 e. The van der Waals surface area contributed by atoms with Crippen molar-refractivity contribution < 1.29 is 40.7 Å². The number of amides is 1. The predicted octanol–water partition coefficient (Wildman–Crippen LogP) is 5.81. The van der Waals surface area contributed by atoms with Crippen LogP contribution in [0.5, 0.6) is 0 Å². The molecule has 0 fully saturated rings. The molecule has 4 rings (SSSR count). The monoisotopic (exact) mass is 493 g/mol. The van der Waals surface area contributed by atoms with E-state index in [2.05, 4.69) is 5.32 Å². The van der Waals surface area contributed by atoms with Gasteiger partial charge in [-0.1, -0.05) is 48.5 Å². The fourth-order valence-corrected chi connectivity index (χ4v) is 4.27. The van der Waals surface area contributed by atoms with Crippen LogP contribution >= 0.6 is 0 Å². The molecule has 0 radical (unpaired) electrons. The van der Waals surface area contributed by atoms with Gasteiger partial charge in [0.15, 0.2) is 0 Å². The number of rotatable bonds is 4. The molecule has 0 spiro atoms. The van der Waals surface area contributed by atoms with Gasteiger partial charge in [0.1, 0.15) is 6.04 Å². The van der Waals surface area contributed by atoms with Gasteiger partial charge in [0.2, 0.25) is 0 Å². The molecule has 1 amide bonds. The zero-order valence-corrected chi connectivity index (χ0v) is 18.0. The van der Waals surface area contributed by atoms with E-state index in [0.29, 0.717) is 23.3 Å². The highest BCUT2D eigenvalue weighted by atomic mass is 19.4. The number of carbonyl (C=O) groups excluding carboxylic acids is 2. The van der Waals surface area contributed by atoms with Gasteiger partial charge < -0.3 is 10.1 Å². The summed E-state index contributed by atoms with van der Waals surface area (Å²) in [5.41, 5.74) is -1.27. The number of hydrogen-bond donors (Lipinski definition) is 1. The van der Waals surface area contributed by atoms with E-state index in [0.717, 1.165) is 18.2 Å². The normalized spacial score (nSPS) is 14.1. The van der Waals surface area contributed by atoms with Gasteiger partial charge in [0, 0.05) is 11.5 Å². The van der Waals surface area contributed by atoms with Crippen molar-refractivity contribution in [1.82, 2.24) is 5.32 Å². The lowest BCUT2D eigenvalue weighted by molar-refractivity contribution is -0.144. The number of ether oxygens (including phenoxy) is 1. The zero-order chi connectivity index (χ0) is 25.5. The number of halogens is 6. The standard InChI is InChI=1S/C25H17F6NO3/c1-35-23(34)21(20-18-8-4-2-6-16(18)17-7-3-5-9-19(17)20)32-22(33)13-10-14(24(26,27)28)12-15(11-13)25(29,30)31/h2-12,20-21H,1H3,(H,32,33)/t21-/m1/s1. The first-order chi connectivity index (χ1) is 16.4. The molecule has 182 valence electrons. The zero-order valence-electron chi connectivity index (χ0n) is 18.0. The van der Waals surface area contributed by atoms with Gasteiger partial charge in [0.05, 0.1) is 18.2 Å². The molecule has 4 nitrogen and oxygen atoms in total. The maximum absolute atomic E-state index is 13.2. The molecule has 1 atom stereocenters. The van der Waals surface area contributed by atoms with Crippen molar-refractivity contribution in [1.29, 1.82) is 0 Å². The van der Waals surface area contributed by atoms with Crippen molar-refractivity contribution in [2.75, 3.05) is 7.11 Å². The number of alkyl halides is 6. The number of methoxy groups -OCH3 is 1. The second-order valence-corrected chi connectivity index (χ2v) is 7.92. The second kappa shape index (κ2) is 8.75. The molecule has 0 aliphatic heterocycles. The highest BCUT2D eigenvalue weighted by Crippen LogP contribution is 2.46. The van der Waals surface area contributed by atoms with Crippen molar-refractivity contribution in [3.05, 3.63) is 94.5 Å². The van der Waals surface area contributed by atoms with E-state index in [4.69, 9.17) is 4.74 Å². The van der Waals surface area contributed by atoms with Gasteiger partial charge in [0.25, 0.3) is 5.91 Å². The highest BCUT2D eigenvalue weighted by Gasteiger charge is 2.41. The Labute approximate surface area is 195 Å². The summed E-state index contributed by atoms with van der Waals surface area (Å²) in [6.45, 7) is 0. The van der Waals surface area contributed by atoms with Crippen LogP contribution in [0.2, 0.25) is 0 Å². The van der Waals surface area contributed by atoms with Crippen molar-refractivity contribution in [3.8, 4) is 11.1 Å². The third kappa shape index (κ3) is 4.60. The van der Waals surface area contributed by atoms with Gasteiger partial charge in [-0.3, -0.25) is 4.79 Å². The summed E-state index contributed by atoms with van der Waals surface area (Å²) in [6.07, 6.45) is -10.2. The fourth-order valence-electron chi connectivity index (χ4n) is 4.27. The summed E-state index contributed by atoms with van der Waals surface area (Å²) in [4.78, 5) is 25.7. The Bertz CT molecular complexity index is 1220. The van der Waals surface area contributed by atoms with Crippen LogP contribution in [-0.4, -0.2) is 25.0 Å². The summed E-state index contributed by atoms with van der Waals surface area (Å²) < 4.78 is 84.3. The molecule has 0 unspecified atom stereocenters. The first-order valence-electron chi connectivity index (χ1n) is 10.3. The summed E-state index contributed by atoms with van der Waals surface area (Å²) in [5.74, 6) is -2.96. The summed E-state index contributed by atoms with van der Waals surface area (Å²) >= 11 is 0. The third-order valence-electron chi connectivity index (χ3n) is 5.81. The maximum Gasteiger partial charge on any atom is 0.416 e. The van der Waals surface area contributed by atoms with E-state index in [9.17, 15) is 35.9 Å². The van der Waals surface area contributed by atoms with Gasteiger partial charge in [-0.15, -0.1) is 0 Å². The van der Waals surface area contributed by atoms with E-state index in [1.807, 2.05) is 12.1 Å². The Morgan fingerprint density at radius 1 is 0.800 bits per heavy atom. The SMILES string of the molecule is COC(=O)[C@H](NC(=O)c1cc(C(F)(F)F)cc(C(F)(F)F)c1)C1c2ccccc2-c2ccccc21. The Hall–Kier alpha value is -3.82. The lowest BCUT2D eigenvalue weighted by atomic mass is 9.89. The van der Waals surface area contributed by atoms with Crippen LogP contribution in [-0.2, 0) is 21.9 Å². The molecule has 1 aliphatic carbocycles. The first kappa shape index (κ1) is 24.3. The molecule has 3 aromatic rings. The molecule has 0 bridgehead atoms. The molecule has 10 heteroatoms. The van der Waals surface area contributed by atoms with E-state index in [-0.39, 0.29) is 6.07 Å².